The van der Waals surface area contributed by atoms with Gasteiger partial charge in [-0.15, -0.1) is 0 Å². The Morgan fingerprint density at radius 3 is 2.26 bits per heavy atom. The monoisotopic (exact) mass is 521 g/mol. The molecule has 9 nitrogen and oxygen atoms in total. The summed E-state index contributed by atoms with van der Waals surface area (Å²) >= 11 is 0. The number of benzene rings is 1. The van der Waals surface area contributed by atoms with E-state index in [1.807, 2.05) is 4.90 Å². The maximum absolute atomic E-state index is 13.4. The molecule has 2 saturated heterocycles. The third-order valence-electron chi connectivity index (χ3n) is 8.73. The van der Waals surface area contributed by atoms with Gasteiger partial charge in [-0.05, 0) is 75.0 Å². The van der Waals surface area contributed by atoms with E-state index in [1.54, 1.807) is 14.5 Å². The average molecular weight is 522 g/mol. The number of aliphatic hydroxyl groups is 1. The first-order chi connectivity index (χ1) is 18.4. The fourth-order valence-electron chi connectivity index (χ4n) is 6.27. The van der Waals surface area contributed by atoms with Crippen molar-refractivity contribution >= 4 is 17.7 Å². The zero-order chi connectivity index (χ0) is 26.8. The maximum Gasteiger partial charge on any atom is 0.274 e. The second kappa shape index (κ2) is 11.3. The molecule has 0 bridgehead atoms. The lowest BCUT2D eigenvalue weighted by Gasteiger charge is -2.34. The van der Waals surface area contributed by atoms with Crippen molar-refractivity contribution in [1.29, 1.82) is 0 Å². The molecule has 3 amide bonds. The molecule has 2 fully saturated rings. The van der Waals surface area contributed by atoms with E-state index >= 15 is 0 Å². The van der Waals surface area contributed by atoms with Crippen LogP contribution in [0.1, 0.15) is 70.0 Å². The molecule has 0 radical (unpaired) electrons. The summed E-state index contributed by atoms with van der Waals surface area (Å²) in [5, 5.41) is 13.8. The van der Waals surface area contributed by atoms with Gasteiger partial charge < -0.3 is 19.8 Å². The summed E-state index contributed by atoms with van der Waals surface area (Å²) in [5.74, 6) is 0.110. The van der Waals surface area contributed by atoms with Crippen molar-refractivity contribution in [3.63, 3.8) is 0 Å². The van der Waals surface area contributed by atoms with E-state index in [0.29, 0.717) is 37.8 Å². The number of nitrogens with zero attached hydrogens (tertiary/aromatic N) is 5. The summed E-state index contributed by atoms with van der Waals surface area (Å²) in [6, 6.07) is 6.51. The van der Waals surface area contributed by atoms with E-state index in [0.717, 1.165) is 62.9 Å². The minimum absolute atomic E-state index is 0.0652. The van der Waals surface area contributed by atoms with E-state index < -0.39 is 6.61 Å². The van der Waals surface area contributed by atoms with Gasteiger partial charge in [-0.25, -0.2) is 0 Å². The van der Waals surface area contributed by atoms with E-state index in [9.17, 15) is 14.4 Å². The van der Waals surface area contributed by atoms with Crippen LogP contribution in [0, 0.1) is 13.8 Å². The van der Waals surface area contributed by atoms with Crippen LogP contribution in [0.4, 0.5) is 0 Å². The normalized spacial score (nSPS) is 18.4. The molecule has 5 rings (SSSR count). The number of aromatic nitrogens is 2. The van der Waals surface area contributed by atoms with E-state index in [2.05, 4.69) is 32.0 Å². The lowest BCUT2D eigenvalue weighted by atomic mass is 9.85. The fraction of sp³-hybridized carbons (Fsp3) is 0.586. The zero-order valence-corrected chi connectivity index (χ0v) is 22.6. The number of aryl methyl sites for hydroxylation is 1. The van der Waals surface area contributed by atoms with Crippen LogP contribution in [0.15, 0.2) is 18.2 Å². The van der Waals surface area contributed by atoms with Crippen LogP contribution >= 0.6 is 0 Å². The summed E-state index contributed by atoms with van der Waals surface area (Å²) in [6.45, 7) is 7.13. The van der Waals surface area contributed by atoms with Gasteiger partial charge in [0.25, 0.3) is 5.91 Å². The number of amides is 3. The Bertz CT molecular complexity index is 1210. The highest BCUT2D eigenvalue weighted by Gasteiger charge is 2.32. The highest BCUT2D eigenvalue weighted by atomic mass is 16.3. The Kier molecular flexibility index (Phi) is 7.83. The van der Waals surface area contributed by atoms with Crippen LogP contribution in [-0.2, 0) is 29.0 Å². The Balaban J connectivity index is 1.24. The fourth-order valence-corrected chi connectivity index (χ4v) is 6.27. The molecule has 9 heteroatoms. The lowest BCUT2D eigenvalue weighted by molar-refractivity contribution is -0.135. The molecule has 1 aromatic heterocycles. The van der Waals surface area contributed by atoms with E-state index in [-0.39, 0.29) is 24.3 Å². The first-order valence-corrected chi connectivity index (χ1v) is 14.0. The molecule has 0 atom stereocenters. The Morgan fingerprint density at radius 1 is 0.895 bits per heavy atom. The van der Waals surface area contributed by atoms with Crippen molar-refractivity contribution in [2.45, 2.75) is 64.8 Å². The predicted octanol–water partition coefficient (Wildman–Crippen LogP) is 2.06. The molecule has 204 valence electrons. The van der Waals surface area contributed by atoms with Gasteiger partial charge in [0.05, 0.1) is 0 Å². The third-order valence-corrected chi connectivity index (χ3v) is 8.73. The smallest absolute Gasteiger partial charge is 0.274 e. The lowest BCUT2D eigenvalue weighted by Crippen LogP contribution is -2.51. The van der Waals surface area contributed by atoms with Gasteiger partial charge in [0, 0.05) is 50.5 Å². The first-order valence-electron chi connectivity index (χ1n) is 14.0. The molecule has 3 aliphatic rings. The number of rotatable bonds is 5. The Labute approximate surface area is 224 Å². The van der Waals surface area contributed by atoms with Crippen LogP contribution in [0.5, 0.6) is 0 Å². The van der Waals surface area contributed by atoms with Crippen LogP contribution < -0.4 is 0 Å². The largest absolute Gasteiger partial charge is 0.387 e. The van der Waals surface area contributed by atoms with Gasteiger partial charge in [0.1, 0.15) is 13.2 Å². The number of piperidine rings is 1. The van der Waals surface area contributed by atoms with E-state index in [4.69, 9.17) is 10.2 Å². The summed E-state index contributed by atoms with van der Waals surface area (Å²) in [5.41, 5.74) is 6.55. The maximum atomic E-state index is 13.4. The van der Waals surface area contributed by atoms with Crippen LogP contribution in [0.25, 0.3) is 0 Å². The number of aliphatic hydroxyl groups excluding tert-OH is 1. The van der Waals surface area contributed by atoms with Crippen molar-refractivity contribution in [1.82, 2.24) is 24.5 Å². The molecule has 0 unspecified atom stereocenters. The molecule has 1 aromatic carbocycles. The molecule has 2 aliphatic heterocycles. The standard InChI is InChI=1S/C29H39N5O4/c1-20-6-5-8-23(21(20)2)22-10-12-31(13-11-22)26(36)18-34-25-9-4-3-7-24(25)28(30-34)29(38)33-16-14-32(15-17-33)27(37)19-35/h5-6,8,22,35H,3-4,7,9-19H2,1-2H3. The Morgan fingerprint density at radius 2 is 1.55 bits per heavy atom. The van der Waals surface area contributed by atoms with Gasteiger partial charge in [-0.2, -0.15) is 5.10 Å². The Hall–Kier alpha value is -3.20. The number of hydrogen-bond acceptors (Lipinski definition) is 5. The number of carbonyl (C=O) groups excluding carboxylic acids is 3. The van der Waals surface area contributed by atoms with Gasteiger partial charge in [0.2, 0.25) is 11.8 Å². The quantitative estimate of drug-likeness (QED) is 0.650. The van der Waals surface area contributed by atoms with Gasteiger partial charge in [-0.1, -0.05) is 18.2 Å². The average Bonchev–Trinajstić information content (AvgIpc) is 3.32. The second-order valence-corrected chi connectivity index (χ2v) is 10.9. The van der Waals surface area contributed by atoms with Crippen molar-refractivity contribution in [2.24, 2.45) is 0 Å². The van der Waals surface area contributed by atoms with Gasteiger partial charge >= 0.3 is 0 Å². The summed E-state index contributed by atoms with van der Waals surface area (Å²) in [7, 11) is 0. The number of likely N-dealkylation sites (tertiary alicyclic amines) is 1. The second-order valence-electron chi connectivity index (χ2n) is 10.9. The molecule has 1 aliphatic carbocycles. The number of piperazine rings is 1. The molecular weight excluding hydrogens is 482 g/mol. The summed E-state index contributed by atoms with van der Waals surface area (Å²) in [4.78, 5) is 43.8. The molecule has 38 heavy (non-hydrogen) atoms. The van der Waals surface area contributed by atoms with Crippen LogP contribution in [0.2, 0.25) is 0 Å². The van der Waals surface area contributed by atoms with Crippen LogP contribution in [-0.4, -0.2) is 93.2 Å². The summed E-state index contributed by atoms with van der Waals surface area (Å²) in [6.07, 6.45) is 5.59. The minimum Gasteiger partial charge on any atom is -0.387 e. The highest BCUT2D eigenvalue weighted by molar-refractivity contribution is 5.94. The third kappa shape index (κ3) is 5.21. The van der Waals surface area contributed by atoms with E-state index in [1.165, 1.54) is 16.7 Å². The molecule has 0 spiro atoms. The topological polar surface area (TPSA) is 99.0 Å². The SMILES string of the molecule is Cc1cccc(C2CCN(C(=O)Cn3nc(C(=O)N4CCN(C(=O)CO)CC4)c4c3CCCC4)CC2)c1C. The molecule has 2 aromatic rings. The summed E-state index contributed by atoms with van der Waals surface area (Å²) < 4.78 is 1.78. The minimum atomic E-state index is -0.511. The number of carbonyl (C=O) groups is 3. The molecule has 0 saturated carbocycles. The molecular formula is C29H39N5O4. The van der Waals surface area contributed by atoms with Gasteiger partial charge in [-0.3, -0.25) is 19.1 Å². The van der Waals surface area contributed by atoms with Crippen LogP contribution in [0.3, 0.4) is 0 Å². The van der Waals surface area contributed by atoms with Gasteiger partial charge in [0.15, 0.2) is 5.69 Å². The number of hydrogen-bond donors (Lipinski definition) is 1. The first kappa shape index (κ1) is 26.4. The zero-order valence-electron chi connectivity index (χ0n) is 22.6. The molecule has 1 N–H and O–H groups in total. The van der Waals surface area contributed by atoms with Crippen molar-refractivity contribution in [3.05, 3.63) is 51.8 Å². The molecule has 3 heterocycles. The van der Waals surface area contributed by atoms with Crippen molar-refractivity contribution in [3.8, 4) is 0 Å². The van der Waals surface area contributed by atoms with Crippen molar-refractivity contribution < 1.29 is 19.5 Å². The highest BCUT2D eigenvalue weighted by Crippen LogP contribution is 2.32. The predicted molar refractivity (Wildman–Crippen MR) is 143 cm³/mol. The number of fused-ring (bicyclic) bond motifs is 1. The van der Waals surface area contributed by atoms with Crippen molar-refractivity contribution in [2.75, 3.05) is 45.9 Å².